The molecule has 0 rings (SSSR count). The molecule has 0 radical (unpaired) electrons. The Bertz CT molecular complexity index is 187. The van der Waals surface area contributed by atoms with E-state index in [4.69, 9.17) is 0 Å². The fourth-order valence-corrected chi connectivity index (χ4v) is 3.18. The zero-order chi connectivity index (χ0) is 16.1. The number of rotatable bonds is 14. The minimum atomic E-state index is 0.520. The fraction of sp³-hybridized carbons (Fsp3) is 1.00. The summed E-state index contributed by atoms with van der Waals surface area (Å²) in [6, 6.07) is 0. The van der Waals surface area contributed by atoms with Crippen molar-refractivity contribution < 1.29 is 0 Å². The third-order valence-corrected chi connectivity index (χ3v) is 4.08. The second kappa shape index (κ2) is 13.5. The summed E-state index contributed by atoms with van der Waals surface area (Å²) in [7, 11) is 0. The maximum atomic E-state index is 3.94. The number of nitrogens with one attached hydrogen (secondary N) is 1. The summed E-state index contributed by atoms with van der Waals surface area (Å²) in [6.45, 7) is 18.6. The summed E-state index contributed by atoms with van der Waals surface area (Å²) in [5.41, 5.74) is 0. The monoisotopic (exact) mass is 299 g/mol. The molecule has 0 aliphatic carbocycles. The van der Waals surface area contributed by atoms with Crippen LogP contribution in [0, 0.1) is 0 Å². The summed E-state index contributed by atoms with van der Waals surface area (Å²) in [6.07, 6.45) is 8.36. The Morgan fingerprint density at radius 3 is 1.05 bits per heavy atom. The first-order valence-electron chi connectivity index (χ1n) is 9.42. The average molecular weight is 300 g/mol. The molecule has 0 spiro atoms. The smallest absolute Gasteiger partial charge is 0.0606 e. The molecule has 0 bridgehead atoms. The van der Waals surface area contributed by atoms with Gasteiger partial charge in [0, 0.05) is 0 Å². The van der Waals surface area contributed by atoms with Crippen molar-refractivity contribution in [1.29, 1.82) is 0 Å². The summed E-state index contributed by atoms with van der Waals surface area (Å²) < 4.78 is 0. The lowest BCUT2D eigenvalue weighted by Gasteiger charge is -2.38. The topological polar surface area (TPSA) is 18.5 Å². The van der Waals surface area contributed by atoms with Gasteiger partial charge in [0.25, 0.3) is 0 Å². The number of nitrogens with zero attached hydrogens (tertiary/aromatic N) is 2. The predicted molar refractivity (Wildman–Crippen MR) is 95.6 cm³/mol. The Morgan fingerprint density at radius 2 is 0.857 bits per heavy atom. The molecule has 0 aromatic carbocycles. The van der Waals surface area contributed by atoms with Gasteiger partial charge in [-0.2, -0.15) is 0 Å². The van der Waals surface area contributed by atoms with Gasteiger partial charge in [-0.3, -0.25) is 15.1 Å². The van der Waals surface area contributed by atoms with E-state index in [2.05, 4.69) is 56.7 Å². The molecule has 0 heterocycles. The first kappa shape index (κ1) is 20.9. The molecule has 128 valence electrons. The summed E-state index contributed by atoms with van der Waals surface area (Å²) >= 11 is 0. The van der Waals surface area contributed by atoms with Crippen molar-refractivity contribution in [2.75, 3.05) is 26.2 Å². The molecular formula is C18H41N3. The zero-order valence-electron chi connectivity index (χ0n) is 15.6. The van der Waals surface area contributed by atoms with Gasteiger partial charge >= 0.3 is 0 Å². The van der Waals surface area contributed by atoms with Gasteiger partial charge in [0.1, 0.15) is 0 Å². The van der Waals surface area contributed by atoms with Gasteiger partial charge in [-0.25, -0.2) is 0 Å². The van der Waals surface area contributed by atoms with Crippen LogP contribution in [-0.4, -0.2) is 48.3 Å². The Balaban J connectivity index is 4.75. The second-order valence-electron chi connectivity index (χ2n) is 6.09. The lowest BCUT2D eigenvalue weighted by molar-refractivity contribution is 0.0831. The van der Waals surface area contributed by atoms with Crippen LogP contribution in [0.15, 0.2) is 0 Å². The van der Waals surface area contributed by atoms with Crippen LogP contribution in [0.4, 0.5) is 0 Å². The first-order valence-corrected chi connectivity index (χ1v) is 9.42. The van der Waals surface area contributed by atoms with E-state index in [-0.39, 0.29) is 0 Å². The van der Waals surface area contributed by atoms with Crippen LogP contribution in [0.5, 0.6) is 0 Å². The molecule has 0 saturated heterocycles. The van der Waals surface area contributed by atoms with Gasteiger partial charge in [-0.15, -0.1) is 0 Å². The molecule has 0 saturated carbocycles. The third kappa shape index (κ3) is 8.18. The minimum absolute atomic E-state index is 0.520. The van der Waals surface area contributed by atoms with Gasteiger partial charge in [-0.05, 0) is 64.7 Å². The van der Waals surface area contributed by atoms with Crippen LogP contribution in [-0.2, 0) is 0 Å². The summed E-state index contributed by atoms with van der Waals surface area (Å²) in [4.78, 5) is 5.28. The maximum absolute atomic E-state index is 3.94. The molecule has 2 atom stereocenters. The van der Waals surface area contributed by atoms with Crippen LogP contribution >= 0.6 is 0 Å². The van der Waals surface area contributed by atoms with E-state index in [0.29, 0.717) is 12.3 Å². The Labute approximate surface area is 134 Å². The molecule has 3 heteroatoms. The van der Waals surface area contributed by atoms with Gasteiger partial charge in [0.2, 0.25) is 0 Å². The molecule has 0 aromatic rings. The molecule has 3 nitrogen and oxygen atoms in total. The SMILES string of the molecule is CCCN(CCC)C(CC)NC(CC)N(CCC)CCC. The van der Waals surface area contributed by atoms with Gasteiger partial charge in [-0.1, -0.05) is 41.5 Å². The van der Waals surface area contributed by atoms with Gasteiger partial charge < -0.3 is 0 Å². The Kier molecular flexibility index (Phi) is 13.5. The fourth-order valence-electron chi connectivity index (χ4n) is 3.18. The molecule has 0 aliphatic rings. The van der Waals surface area contributed by atoms with E-state index in [9.17, 15) is 0 Å². The standard InChI is InChI=1S/C18H41N3/c1-7-13-20(14-8-2)17(11-5)19-18(12-6)21(15-9-3)16-10-4/h17-19H,7-16H2,1-6H3. The van der Waals surface area contributed by atoms with Crippen molar-refractivity contribution in [3.8, 4) is 0 Å². The first-order chi connectivity index (χ1) is 10.2. The van der Waals surface area contributed by atoms with Gasteiger partial charge in [0.15, 0.2) is 0 Å². The van der Waals surface area contributed by atoms with Gasteiger partial charge in [0.05, 0.1) is 12.3 Å². The Morgan fingerprint density at radius 1 is 0.571 bits per heavy atom. The average Bonchev–Trinajstić information content (AvgIpc) is 2.48. The Hall–Kier alpha value is -0.120. The second-order valence-corrected chi connectivity index (χ2v) is 6.09. The van der Waals surface area contributed by atoms with E-state index >= 15 is 0 Å². The van der Waals surface area contributed by atoms with Crippen molar-refractivity contribution in [2.45, 2.75) is 92.4 Å². The molecule has 0 amide bonds. The lowest BCUT2D eigenvalue weighted by atomic mass is 10.2. The van der Waals surface area contributed by atoms with Crippen molar-refractivity contribution in [3.05, 3.63) is 0 Å². The third-order valence-electron chi connectivity index (χ3n) is 4.08. The largest absolute Gasteiger partial charge is 0.288 e. The highest BCUT2D eigenvalue weighted by Gasteiger charge is 2.22. The number of hydrogen-bond donors (Lipinski definition) is 1. The quantitative estimate of drug-likeness (QED) is 0.483. The van der Waals surface area contributed by atoms with Crippen LogP contribution in [0.25, 0.3) is 0 Å². The summed E-state index contributed by atoms with van der Waals surface area (Å²) in [5.74, 6) is 0. The molecule has 0 aromatic heterocycles. The molecule has 21 heavy (non-hydrogen) atoms. The minimum Gasteiger partial charge on any atom is -0.288 e. The van der Waals surface area contributed by atoms with Crippen molar-refractivity contribution in [2.24, 2.45) is 0 Å². The highest BCUT2D eigenvalue weighted by molar-refractivity contribution is 4.75. The van der Waals surface area contributed by atoms with E-state index in [1.54, 1.807) is 0 Å². The van der Waals surface area contributed by atoms with Crippen LogP contribution in [0.2, 0.25) is 0 Å². The van der Waals surface area contributed by atoms with E-state index in [1.165, 1.54) is 64.7 Å². The highest BCUT2D eigenvalue weighted by atomic mass is 15.3. The zero-order valence-corrected chi connectivity index (χ0v) is 15.6. The van der Waals surface area contributed by atoms with Crippen LogP contribution in [0.1, 0.15) is 80.1 Å². The molecular weight excluding hydrogens is 258 g/mol. The van der Waals surface area contributed by atoms with Crippen molar-refractivity contribution in [1.82, 2.24) is 15.1 Å². The van der Waals surface area contributed by atoms with E-state index in [0.717, 1.165) is 0 Å². The van der Waals surface area contributed by atoms with E-state index in [1.807, 2.05) is 0 Å². The molecule has 0 aliphatic heterocycles. The molecule has 1 N–H and O–H groups in total. The van der Waals surface area contributed by atoms with E-state index < -0.39 is 0 Å². The van der Waals surface area contributed by atoms with Crippen LogP contribution < -0.4 is 5.32 Å². The van der Waals surface area contributed by atoms with Crippen LogP contribution in [0.3, 0.4) is 0 Å². The lowest BCUT2D eigenvalue weighted by Crippen LogP contribution is -2.55. The summed E-state index contributed by atoms with van der Waals surface area (Å²) in [5, 5.41) is 3.94. The molecule has 2 unspecified atom stereocenters. The maximum Gasteiger partial charge on any atom is 0.0606 e. The number of hydrogen-bond acceptors (Lipinski definition) is 3. The van der Waals surface area contributed by atoms with Crippen molar-refractivity contribution >= 4 is 0 Å². The van der Waals surface area contributed by atoms with Crippen molar-refractivity contribution in [3.63, 3.8) is 0 Å². The predicted octanol–water partition coefficient (Wildman–Crippen LogP) is 4.29. The molecule has 0 fully saturated rings. The normalized spacial score (nSPS) is 14.9. The highest BCUT2D eigenvalue weighted by Crippen LogP contribution is 2.10.